The predicted octanol–water partition coefficient (Wildman–Crippen LogP) is 4.11. The standard InChI is InChI=1S/C13H17IN2/c1-7-5-6-11-10(4)15-16-13(11)12(7)8(2)9(3)14/h5-6,8-9H,1-4H3,(H,15,16). The number of halogens is 1. The van der Waals surface area contributed by atoms with Crippen LogP contribution in [0.3, 0.4) is 0 Å². The molecule has 0 aliphatic rings. The lowest BCUT2D eigenvalue weighted by atomic mass is 9.92. The SMILES string of the molecule is Cc1ccc2c(C)[nH]nc2c1C(C)C(C)I. The number of aryl methyl sites for hydroxylation is 2. The number of hydrogen-bond acceptors (Lipinski definition) is 1. The van der Waals surface area contributed by atoms with Crippen LogP contribution in [0.15, 0.2) is 12.1 Å². The topological polar surface area (TPSA) is 28.7 Å². The molecule has 3 heteroatoms. The van der Waals surface area contributed by atoms with Crippen molar-refractivity contribution in [2.24, 2.45) is 0 Å². The van der Waals surface area contributed by atoms with Crippen LogP contribution in [0.4, 0.5) is 0 Å². The number of aromatic nitrogens is 2. The van der Waals surface area contributed by atoms with Gasteiger partial charge in [0.1, 0.15) is 0 Å². The van der Waals surface area contributed by atoms with Crippen molar-refractivity contribution in [3.8, 4) is 0 Å². The molecule has 16 heavy (non-hydrogen) atoms. The van der Waals surface area contributed by atoms with Crippen LogP contribution in [0.25, 0.3) is 10.9 Å². The molecule has 0 aliphatic heterocycles. The summed E-state index contributed by atoms with van der Waals surface area (Å²) in [6.07, 6.45) is 0. The Kier molecular flexibility index (Phi) is 3.24. The van der Waals surface area contributed by atoms with Crippen LogP contribution < -0.4 is 0 Å². The van der Waals surface area contributed by atoms with E-state index in [0.717, 1.165) is 11.2 Å². The summed E-state index contributed by atoms with van der Waals surface area (Å²) in [6.45, 7) is 8.78. The molecule has 2 atom stereocenters. The van der Waals surface area contributed by atoms with Crippen LogP contribution in [0.2, 0.25) is 0 Å². The fourth-order valence-electron chi connectivity index (χ4n) is 2.14. The molecule has 2 rings (SSSR count). The third-order valence-corrected chi connectivity index (χ3v) is 4.40. The van der Waals surface area contributed by atoms with E-state index in [1.165, 1.54) is 16.5 Å². The lowest BCUT2D eigenvalue weighted by molar-refractivity contribution is 0.771. The smallest absolute Gasteiger partial charge is 0.0961 e. The Labute approximate surface area is 110 Å². The van der Waals surface area contributed by atoms with Crippen LogP contribution in [0.5, 0.6) is 0 Å². The number of nitrogens with one attached hydrogen (secondary N) is 1. The fraction of sp³-hybridized carbons (Fsp3) is 0.462. The fourth-order valence-corrected chi connectivity index (χ4v) is 2.50. The first kappa shape index (κ1) is 11.9. The lowest BCUT2D eigenvalue weighted by Crippen LogP contribution is -2.07. The molecule has 1 N–H and O–H groups in total. The second-order valence-electron chi connectivity index (χ2n) is 4.51. The number of aromatic amines is 1. The first-order valence-electron chi connectivity index (χ1n) is 5.60. The van der Waals surface area contributed by atoms with Gasteiger partial charge in [-0.25, -0.2) is 0 Å². The summed E-state index contributed by atoms with van der Waals surface area (Å²) in [4.78, 5) is 0. The monoisotopic (exact) mass is 328 g/mol. The van der Waals surface area contributed by atoms with Gasteiger partial charge in [0.25, 0.3) is 0 Å². The van der Waals surface area contributed by atoms with Gasteiger partial charge in [-0.1, -0.05) is 48.6 Å². The summed E-state index contributed by atoms with van der Waals surface area (Å²) >= 11 is 2.49. The summed E-state index contributed by atoms with van der Waals surface area (Å²) in [7, 11) is 0. The van der Waals surface area contributed by atoms with Crippen molar-refractivity contribution in [3.63, 3.8) is 0 Å². The van der Waals surface area contributed by atoms with Gasteiger partial charge in [0.05, 0.1) is 5.52 Å². The Morgan fingerprint density at radius 2 is 1.94 bits per heavy atom. The summed E-state index contributed by atoms with van der Waals surface area (Å²) < 4.78 is 0.610. The molecule has 0 saturated carbocycles. The molecule has 0 aliphatic carbocycles. The first-order chi connectivity index (χ1) is 7.52. The molecule has 1 aromatic carbocycles. The van der Waals surface area contributed by atoms with Crippen molar-refractivity contribution in [2.75, 3.05) is 0 Å². The number of hydrogen-bond donors (Lipinski definition) is 1. The van der Waals surface area contributed by atoms with Crippen molar-refractivity contribution in [3.05, 3.63) is 29.0 Å². The molecular formula is C13H17IN2. The maximum atomic E-state index is 4.45. The Balaban J connectivity index is 2.70. The van der Waals surface area contributed by atoms with Gasteiger partial charge < -0.3 is 0 Å². The van der Waals surface area contributed by atoms with Gasteiger partial charge in [-0.2, -0.15) is 5.10 Å². The minimum absolute atomic E-state index is 0.534. The summed E-state index contributed by atoms with van der Waals surface area (Å²) in [6, 6.07) is 4.37. The molecule has 1 heterocycles. The highest BCUT2D eigenvalue weighted by molar-refractivity contribution is 14.1. The van der Waals surface area contributed by atoms with Crippen LogP contribution in [0, 0.1) is 13.8 Å². The molecule has 0 bridgehead atoms. The Morgan fingerprint density at radius 3 is 2.56 bits per heavy atom. The molecule has 2 nitrogen and oxygen atoms in total. The molecule has 0 radical (unpaired) electrons. The number of rotatable bonds is 2. The zero-order valence-corrected chi connectivity index (χ0v) is 12.3. The maximum Gasteiger partial charge on any atom is 0.0961 e. The van der Waals surface area contributed by atoms with E-state index in [1.807, 2.05) is 0 Å². The molecule has 86 valence electrons. The average molecular weight is 328 g/mol. The zero-order chi connectivity index (χ0) is 11.9. The highest BCUT2D eigenvalue weighted by atomic mass is 127. The molecule has 0 fully saturated rings. The van der Waals surface area contributed by atoms with Gasteiger partial charge in [0.15, 0.2) is 0 Å². The molecule has 2 unspecified atom stereocenters. The summed E-state index contributed by atoms with van der Waals surface area (Å²) in [5.74, 6) is 0.534. The second kappa shape index (κ2) is 4.35. The normalized spacial score (nSPS) is 15.3. The number of nitrogens with zero attached hydrogens (tertiary/aromatic N) is 1. The van der Waals surface area contributed by atoms with Crippen LogP contribution >= 0.6 is 22.6 Å². The van der Waals surface area contributed by atoms with E-state index in [9.17, 15) is 0 Å². The van der Waals surface area contributed by atoms with Crippen LogP contribution in [0.1, 0.15) is 36.6 Å². The van der Waals surface area contributed by atoms with E-state index in [2.05, 4.69) is 72.6 Å². The van der Waals surface area contributed by atoms with Gasteiger partial charge in [0.2, 0.25) is 0 Å². The first-order valence-corrected chi connectivity index (χ1v) is 6.85. The van der Waals surface area contributed by atoms with E-state index in [0.29, 0.717) is 9.84 Å². The minimum atomic E-state index is 0.534. The van der Waals surface area contributed by atoms with Crippen LogP contribution in [-0.2, 0) is 0 Å². The quantitative estimate of drug-likeness (QED) is 0.652. The molecule has 0 spiro atoms. The average Bonchev–Trinajstić information content (AvgIpc) is 2.59. The van der Waals surface area contributed by atoms with Crippen molar-refractivity contribution in [1.29, 1.82) is 0 Å². The highest BCUT2D eigenvalue weighted by Crippen LogP contribution is 2.33. The molecule has 1 aromatic heterocycles. The highest BCUT2D eigenvalue weighted by Gasteiger charge is 2.18. The lowest BCUT2D eigenvalue weighted by Gasteiger charge is -2.17. The molecular weight excluding hydrogens is 311 g/mol. The van der Waals surface area contributed by atoms with Gasteiger partial charge in [-0.15, -0.1) is 0 Å². The molecule has 0 saturated heterocycles. The largest absolute Gasteiger partial charge is 0.282 e. The van der Waals surface area contributed by atoms with Crippen molar-refractivity contribution < 1.29 is 0 Å². The van der Waals surface area contributed by atoms with E-state index in [1.54, 1.807) is 0 Å². The number of H-pyrrole nitrogens is 1. The second-order valence-corrected chi connectivity index (χ2v) is 6.47. The Bertz CT molecular complexity index is 514. The zero-order valence-electron chi connectivity index (χ0n) is 10.1. The van der Waals surface area contributed by atoms with E-state index in [4.69, 9.17) is 0 Å². The van der Waals surface area contributed by atoms with E-state index < -0.39 is 0 Å². The third-order valence-electron chi connectivity index (χ3n) is 3.32. The van der Waals surface area contributed by atoms with E-state index >= 15 is 0 Å². The van der Waals surface area contributed by atoms with Gasteiger partial charge in [-0.05, 0) is 30.9 Å². The van der Waals surface area contributed by atoms with Gasteiger partial charge >= 0.3 is 0 Å². The third kappa shape index (κ3) is 1.85. The van der Waals surface area contributed by atoms with Crippen molar-refractivity contribution in [2.45, 2.75) is 37.5 Å². The predicted molar refractivity (Wildman–Crippen MR) is 77.5 cm³/mol. The van der Waals surface area contributed by atoms with Crippen molar-refractivity contribution >= 4 is 33.5 Å². The molecule has 2 aromatic rings. The maximum absolute atomic E-state index is 4.45. The van der Waals surface area contributed by atoms with Gasteiger partial charge in [0, 0.05) is 15.0 Å². The van der Waals surface area contributed by atoms with Crippen molar-refractivity contribution in [1.82, 2.24) is 10.2 Å². The van der Waals surface area contributed by atoms with Crippen LogP contribution in [-0.4, -0.2) is 14.1 Å². The van der Waals surface area contributed by atoms with E-state index in [-0.39, 0.29) is 0 Å². The minimum Gasteiger partial charge on any atom is -0.282 e. The number of fused-ring (bicyclic) bond motifs is 1. The van der Waals surface area contributed by atoms with Gasteiger partial charge in [-0.3, -0.25) is 5.10 Å². The number of alkyl halides is 1. The Hall–Kier alpha value is -0.580. The Morgan fingerprint density at radius 1 is 1.25 bits per heavy atom. The number of benzene rings is 1. The molecule has 0 amide bonds. The summed E-state index contributed by atoms with van der Waals surface area (Å²) in [5, 5.41) is 8.79. The summed E-state index contributed by atoms with van der Waals surface area (Å²) in [5.41, 5.74) is 5.04.